The quantitative estimate of drug-likeness (QED) is 0.579. The molecule has 2 aliphatic heterocycles. The summed E-state index contributed by atoms with van der Waals surface area (Å²) in [4.78, 5) is 32.6. The molecule has 36 heavy (non-hydrogen) atoms. The summed E-state index contributed by atoms with van der Waals surface area (Å²) < 4.78 is 7.37. The molecule has 2 amide bonds. The van der Waals surface area contributed by atoms with Crippen molar-refractivity contribution in [2.45, 2.75) is 77.3 Å². The zero-order valence-corrected chi connectivity index (χ0v) is 21.5. The average Bonchev–Trinajstić information content (AvgIpc) is 3.58. The summed E-state index contributed by atoms with van der Waals surface area (Å²) in [6.07, 6.45) is 12.8. The summed E-state index contributed by atoms with van der Waals surface area (Å²) in [5.41, 5.74) is 2.17. The molecule has 1 aliphatic carbocycles. The highest BCUT2D eigenvalue weighted by molar-refractivity contribution is 6.06. The van der Waals surface area contributed by atoms with Crippen LogP contribution in [0.3, 0.4) is 0 Å². The predicted molar refractivity (Wildman–Crippen MR) is 139 cm³/mol. The lowest BCUT2D eigenvalue weighted by Crippen LogP contribution is -2.42. The van der Waals surface area contributed by atoms with Gasteiger partial charge in [-0.1, -0.05) is 12.8 Å². The Kier molecular flexibility index (Phi) is 8.04. The molecule has 196 valence electrons. The van der Waals surface area contributed by atoms with Gasteiger partial charge in [-0.2, -0.15) is 5.10 Å². The van der Waals surface area contributed by atoms with Crippen LogP contribution in [0, 0.1) is 11.8 Å². The molecule has 1 saturated carbocycles. The number of fused-ring (bicyclic) bond motifs is 1. The van der Waals surface area contributed by atoms with Crippen LogP contribution in [-0.2, 0) is 16.1 Å². The number of nitrogens with one attached hydrogen (secondary N) is 2. The highest BCUT2D eigenvalue weighted by atomic mass is 16.5. The Morgan fingerprint density at radius 2 is 1.78 bits per heavy atom. The standard InChI is InChI=1S/C27H40N6O3/c1-2-33-26-22(18-30-33)25(31-21-9-13-36-14-10-21)23(17-28-26)27(35)29-16-20-7-11-32(12-8-20)24(34)15-19-5-3-4-6-19/h17-21H,2-16H2,1H3,(H,28,31)(H,29,35). The Morgan fingerprint density at radius 3 is 2.50 bits per heavy atom. The van der Waals surface area contributed by atoms with Crippen LogP contribution in [0.4, 0.5) is 5.69 Å². The number of likely N-dealkylation sites (tertiary alicyclic amines) is 1. The molecule has 9 nitrogen and oxygen atoms in total. The van der Waals surface area contributed by atoms with Crippen LogP contribution in [0.2, 0.25) is 0 Å². The van der Waals surface area contributed by atoms with Gasteiger partial charge >= 0.3 is 0 Å². The number of hydrogen-bond donors (Lipinski definition) is 2. The van der Waals surface area contributed by atoms with Crippen molar-refractivity contribution in [3.8, 4) is 0 Å². The highest BCUT2D eigenvalue weighted by Crippen LogP contribution is 2.30. The first-order valence-corrected chi connectivity index (χ1v) is 13.9. The smallest absolute Gasteiger partial charge is 0.254 e. The van der Waals surface area contributed by atoms with Crippen LogP contribution in [0.1, 0.15) is 75.1 Å². The molecule has 3 aliphatic rings. The molecule has 9 heteroatoms. The van der Waals surface area contributed by atoms with Crippen molar-refractivity contribution < 1.29 is 14.3 Å². The number of piperidine rings is 1. The van der Waals surface area contributed by atoms with E-state index in [0.29, 0.717) is 36.3 Å². The lowest BCUT2D eigenvalue weighted by Gasteiger charge is -2.33. The second-order valence-corrected chi connectivity index (χ2v) is 10.7. The molecular weight excluding hydrogens is 456 g/mol. The fraction of sp³-hybridized carbons (Fsp3) is 0.704. The summed E-state index contributed by atoms with van der Waals surface area (Å²) in [7, 11) is 0. The zero-order valence-electron chi connectivity index (χ0n) is 21.5. The molecule has 3 fully saturated rings. The van der Waals surface area contributed by atoms with Crippen molar-refractivity contribution in [1.82, 2.24) is 25.0 Å². The molecule has 0 aromatic carbocycles. The maximum Gasteiger partial charge on any atom is 0.254 e. The van der Waals surface area contributed by atoms with E-state index in [0.717, 1.165) is 75.3 Å². The largest absolute Gasteiger partial charge is 0.381 e. The molecule has 0 spiro atoms. The van der Waals surface area contributed by atoms with E-state index in [1.54, 1.807) is 6.20 Å². The van der Waals surface area contributed by atoms with Crippen LogP contribution in [0.15, 0.2) is 12.4 Å². The Hall–Kier alpha value is -2.68. The van der Waals surface area contributed by atoms with Gasteiger partial charge in [0.25, 0.3) is 5.91 Å². The molecule has 2 aromatic rings. The van der Waals surface area contributed by atoms with Crippen LogP contribution in [0.5, 0.6) is 0 Å². The molecular formula is C27H40N6O3. The van der Waals surface area contributed by atoms with Crippen molar-refractivity contribution in [2.24, 2.45) is 11.8 Å². The minimum Gasteiger partial charge on any atom is -0.381 e. The molecule has 5 rings (SSSR count). The molecule has 2 saturated heterocycles. The second-order valence-electron chi connectivity index (χ2n) is 10.7. The van der Waals surface area contributed by atoms with Crippen LogP contribution in [0.25, 0.3) is 11.0 Å². The van der Waals surface area contributed by atoms with Gasteiger partial charge in [-0.25, -0.2) is 9.67 Å². The number of amides is 2. The van der Waals surface area contributed by atoms with E-state index < -0.39 is 0 Å². The fourth-order valence-electron chi connectivity index (χ4n) is 5.94. The van der Waals surface area contributed by atoms with E-state index in [-0.39, 0.29) is 11.9 Å². The average molecular weight is 497 g/mol. The predicted octanol–water partition coefficient (Wildman–Crippen LogP) is 3.59. The number of aromatic nitrogens is 3. The Balaban J connectivity index is 1.20. The van der Waals surface area contributed by atoms with Gasteiger partial charge in [0.2, 0.25) is 5.91 Å². The van der Waals surface area contributed by atoms with E-state index >= 15 is 0 Å². The van der Waals surface area contributed by atoms with Gasteiger partial charge in [0.15, 0.2) is 5.65 Å². The zero-order chi connectivity index (χ0) is 24.9. The third kappa shape index (κ3) is 5.66. The number of carbonyl (C=O) groups is 2. The van der Waals surface area contributed by atoms with Crippen molar-refractivity contribution >= 4 is 28.5 Å². The third-order valence-corrected chi connectivity index (χ3v) is 8.24. The number of carbonyl (C=O) groups excluding carboxylic acids is 2. The van der Waals surface area contributed by atoms with E-state index in [4.69, 9.17) is 4.74 Å². The maximum absolute atomic E-state index is 13.3. The van der Waals surface area contributed by atoms with Crippen molar-refractivity contribution in [2.75, 3.05) is 38.2 Å². The van der Waals surface area contributed by atoms with Crippen LogP contribution in [-0.4, -0.2) is 70.4 Å². The first-order chi connectivity index (χ1) is 17.6. The Morgan fingerprint density at radius 1 is 1.03 bits per heavy atom. The van der Waals surface area contributed by atoms with Crippen molar-refractivity contribution in [1.29, 1.82) is 0 Å². The first-order valence-electron chi connectivity index (χ1n) is 13.9. The lowest BCUT2D eigenvalue weighted by molar-refractivity contribution is -0.133. The second kappa shape index (κ2) is 11.6. The van der Waals surface area contributed by atoms with E-state index in [1.165, 1.54) is 25.7 Å². The third-order valence-electron chi connectivity index (χ3n) is 8.24. The maximum atomic E-state index is 13.3. The first kappa shape index (κ1) is 25.0. The number of pyridine rings is 1. The molecule has 0 radical (unpaired) electrons. The topological polar surface area (TPSA) is 101 Å². The summed E-state index contributed by atoms with van der Waals surface area (Å²) in [5.74, 6) is 1.19. The number of anilines is 1. The molecule has 0 bridgehead atoms. The number of ether oxygens (including phenoxy) is 1. The van der Waals surface area contributed by atoms with E-state index in [1.807, 2.05) is 22.7 Å². The molecule has 0 atom stereocenters. The summed E-state index contributed by atoms with van der Waals surface area (Å²) in [5, 5.41) is 12.1. The monoisotopic (exact) mass is 496 g/mol. The van der Waals surface area contributed by atoms with Crippen molar-refractivity contribution in [3.05, 3.63) is 18.0 Å². The fourth-order valence-corrected chi connectivity index (χ4v) is 5.94. The Labute approximate surface area is 213 Å². The number of rotatable bonds is 8. The van der Waals surface area contributed by atoms with Gasteiger partial charge in [0, 0.05) is 58.1 Å². The van der Waals surface area contributed by atoms with Gasteiger partial charge in [-0.3, -0.25) is 9.59 Å². The minimum absolute atomic E-state index is 0.108. The van der Waals surface area contributed by atoms with Gasteiger partial charge in [-0.05, 0) is 57.3 Å². The normalized spacial score (nSPS) is 20.2. The van der Waals surface area contributed by atoms with Gasteiger partial charge in [0.1, 0.15) is 0 Å². The lowest BCUT2D eigenvalue weighted by atomic mass is 9.95. The van der Waals surface area contributed by atoms with Gasteiger partial charge in [0.05, 0.1) is 22.8 Å². The molecule has 2 aromatic heterocycles. The van der Waals surface area contributed by atoms with Crippen LogP contribution >= 0.6 is 0 Å². The summed E-state index contributed by atoms with van der Waals surface area (Å²) in [6, 6.07) is 0.256. The summed E-state index contributed by atoms with van der Waals surface area (Å²) in [6.45, 7) is 6.42. The number of hydrogen-bond acceptors (Lipinski definition) is 6. The van der Waals surface area contributed by atoms with Crippen molar-refractivity contribution in [3.63, 3.8) is 0 Å². The molecule has 2 N–H and O–H groups in total. The van der Waals surface area contributed by atoms with Gasteiger partial charge < -0.3 is 20.3 Å². The van der Waals surface area contributed by atoms with Gasteiger partial charge in [-0.15, -0.1) is 0 Å². The molecule has 4 heterocycles. The van der Waals surface area contributed by atoms with Crippen LogP contribution < -0.4 is 10.6 Å². The SMILES string of the molecule is CCn1ncc2c(NC3CCOCC3)c(C(=O)NCC3CCN(C(=O)CC4CCCC4)CC3)cnc21. The highest BCUT2D eigenvalue weighted by Gasteiger charge is 2.27. The number of aryl methyl sites for hydroxylation is 1. The molecule has 0 unspecified atom stereocenters. The number of nitrogens with zero attached hydrogens (tertiary/aromatic N) is 4. The van der Waals surface area contributed by atoms with E-state index in [2.05, 4.69) is 20.7 Å². The summed E-state index contributed by atoms with van der Waals surface area (Å²) >= 11 is 0. The minimum atomic E-state index is -0.108. The van der Waals surface area contributed by atoms with E-state index in [9.17, 15) is 9.59 Å². The Bertz CT molecular complexity index is 1050.